The average molecular weight is 175 g/mol. The van der Waals surface area contributed by atoms with Gasteiger partial charge >= 0.3 is 0 Å². The van der Waals surface area contributed by atoms with Gasteiger partial charge in [0.25, 0.3) is 0 Å². The molecular weight excluding hydrogens is 166 g/mol. The molecule has 2 N–H and O–H groups in total. The van der Waals surface area contributed by atoms with E-state index >= 15 is 0 Å². The predicted octanol–water partition coefficient (Wildman–Crippen LogP) is 1.43. The van der Waals surface area contributed by atoms with Crippen molar-refractivity contribution in [3.63, 3.8) is 0 Å². The first kappa shape index (κ1) is 8.01. The molecule has 0 spiro atoms. The van der Waals surface area contributed by atoms with Gasteiger partial charge in [0.15, 0.2) is 0 Å². The standard InChI is InChI=1S/C10H9NO2/c12-6-7-5-11-9-4-2-1-3-8(9)10(7)13/h1-5,12H,6H2,(H,11,13). The summed E-state index contributed by atoms with van der Waals surface area (Å²) >= 11 is 0. The van der Waals surface area contributed by atoms with E-state index < -0.39 is 0 Å². The molecule has 0 aliphatic heterocycles. The number of aromatic hydroxyl groups is 1. The number of hydrogen-bond acceptors (Lipinski definition) is 3. The number of fused-ring (bicyclic) bond motifs is 1. The van der Waals surface area contributed by atoms with Crippen molar-refractivity contribution in [2.75, 3.05) is 0 Å². The average Bonchev–Trinajstić information content (AvgIpc) is 2.19. The lowest BCUT2D eigenvalue weighted by molar-refractivity contribution is 0.275. The molecule has 0 saturated heterocycles. The van der Waals surface area contributed by atoms with Crippen LogP contribution in [0.5, 0.6) is 5.75 Å². The highest BCUT2D eigenvalue weighted by atomic mass is 16.3. The highest BCUT2D eigenvalue weighted by Crippen LogP contribution is 2.26. The summed E-state index contributed by atoms with van der Waals surface area (Å²) in [6.07, 6.45) is 1.48. The molecule has 3 nitrogen and oxygen atoms in total. The van der Waals surface area contributed by atoms with E-state index in [-0.39, 0.29) is 12.4 Å². The Labute approximate surface area is 75.3 Å². The molecule has 0 unspecified atom stereocenters. The third-order valence-corrected chi connectivity index (χ3v) is 1.99. The van der Waals surface area contributed by atoms with Gasteiger partial charge in [0.2, 0.25) is 0 Å². The van der Waals surface area contributed by atoms with E-state index in [2.05, 4.69) is 4.98 Å². The van der Waals surface area contributed by atoms with Crippen LogP contribution in [-0.2, 0) is 6.61 Å². The smallest absolute Gasteiger partial charge is 0.132 e. The number of pyridine rings is 1. The zero-order valence-corrected chi connectivity index (χ0v) is 6.94. The molecule has 0 amide bonds. The quantitative estimate of drug-likeness (QED) is 0.689. The van der Waals surface area contributed by atoms with Gasteiger partial charge < -0.3 is 10.2 Å². The Morgan fingerprint density at radius 2 is 2.00 bits per heavy atom. The van der Waals surface area contributed by atoms with Gasteiger partial charge in [0, 0.05) is 17.1 Å². The SMILES string of the molecule is OCc1cnc2ccccc2c1O. The minimum atomic E-state index is -0.191. The van der Waals surface area contributed by atoms with Gasteiger partial charge in [-0.1, -0.05) is 12.1 Å². The van der Waals surface area contributed by atoms with Gasteiger partial charge in [-0.3, -0.25) is 4.98 Å². The molecule has 0 saturated carbocycles. The Hall–Kier alpha value is -1.61. The molecular formula is C10H9NO2. The molecule has 1 aromatic carbocycles. The lowest BCUT2D eigenvalue weighted by atomic mass is 10.1. The van der Waals surface area contributed by atoms with Crippen LogP contribution in [0.4, 0.5) is 0 Å². The van der Waals surface area contributed by atoms with Gasteiger partial charge in [-0.25, -0.2) is 0 Å². The maximum Gasteiger partial charge on any atom is 0.132 e. The van der Waals surface area contributed by atoms with Crippen LogP contribution < -0.4 is 0 Å². The molecule has 66 valence electrons. The molecule has 2 rings (SSSR count). The molecule has 0 fully saturated rings. The number of aromatic nitrogens is 1. The van der Waals surface area contributed by atoms with E-state index in [1.54, 1.807) is 6.07 Å². The predicted molar refractivity (Wildman–Crippen MR) is 49.3 cm³/mol. The second kappa shape index (κ2) is 3.03. The summed E-state index contributed by atoms with van der Waals surface area (Å²) in [6.45, 7) is -0.191. The third-order valence-electron chi connectivity index (χ3n) is 1.99. The van der Waals surface area contributed by atoms with Crippen molar-refractivity contribution < 1.29 is 10.2 Å². The van der Waals surface area contributed by atoms with Gasteiger partial charge in [-0.15, -0.1) is 0 Å². The Kier molecular flexibility index (Phi) is 1.87. The first-order valence-electron chi connectivity index (χ1n) is 3.99. The number of rotatable bonds is 1. The first-order valence-corrected chi connectivity index (χ1v) is 3.99. The van der Waals surface area contributed by atoms with Crippen LogP contribution in [0.2, 0.25) is 0 Å². The van der Waals surface area contributed by atoms with Crippen LogP contribution in [0.25, 0.3) is 10.9 Å². The van der Waals surface area contributed by atoms with Gasteiger partial charge in [0.1, 0.15) is 5.75 Å². The Morgan fingerprint density at radius 1 is 1.23 bits per heavy atom. The number of benzene rings is 1. The van der Waals surface area contributed by atoms with Gasteiger partial charge in [-0.05, 0) is 12.1 Å². The molecule has 0 aliphatic rings. The minimum absolute atomic E-state index is 0.119. The van der Waals surface area contributed by atoms with Crippen LogP contribution in [0.1, 0.15) is 5.56 Å². The van der Waals surface area contributed by atoms with Crippen LogP contribution in [0.15, 0.2) is 30.5 Å². The van der Waals surface area contributed by atoms with Crippen LogP contribution >= 0.6 is 0 Å². The highest BCUT2D eigenvalue weighted by molar-refractivity contribution is 5.85. The van der Waals surface area contributed by atoms with Crippen molar-refractivity contribution >= 4 is 10.9 Å². The maximum absolute atomic E-state index is 9.65. The number of para-hydroxylation sites is 1. The second-order valence-corrected chi connectivity index (χ2v) is 2.81. The first-order chi connectivity index (χ1) is 6.33. The van der Waals surface area contributed by atoms with Crippen molar-refractivity contribution in [3.8, 4) is 5.75 Å². The van der Waals surface area contributed by atoms with Gasteiger partial charge in [0.05, 0.1) is 12.1 Å². The molecule has 2 aromatic rings. The van der Waals surface area contributed by atoms with Crippen LogP contribution in [0.3, 0.4) is 0 Å². The lowest BCUT2D eigenvalue weighted by Crippen LogP contribution is -1.88. The minimum Gasteiger partial charge on any atom is -0.507 e. The Bertz CT molecular complexity index is 440. The molecule has 0 aliphatic carbocycles. The number of aliphatic hydroxyl groups excluding tert-OH is 1. The lowest BCUT2D eigenvalue weighted by Gasteiger charge is -2.03. The van der Waals surface area contributed by atoms with Crippen molar-refractivity contribution in [2.24, 2.45) is 0 Å². The van der Waals surface area contributed by atoms with E-state index in [1.165, 1.54) is 6.20 Å². The Morgan fingerprint density at radius 3 is 2.77 bits per heavy atom. The van der Waals surface area contributed by atoms with E-state index in [9.17, 15) is 5.11 Å². The molecule has 0 bridgehead atoms. The number of hydrogen-bond donors (Lipinski definition) is 2. The van der Waals surface area contributed by atoms with Crippen molar-refractivity contribution in [1.82, 2.24) is 4.98 Å². The van der Waals surface area contributed by atoms with Crippen LogP contribution in [-0.4, -0.2) is 15.2 Å². The molecule has 13 heavy (non-hydrogen) atoms. The third kappa shape index (κ3) is 1.23. The van der Waals surface area contributed by atoms with E-state index in [0.29, 0.717) is 10.9 Å². The molecule has 3 heteroatoms. The molecule has 1 heterocycles. The topological polar surface area (TPSA) is 53.4 Å². The molecule has 1 aromatic heterocycles. The summed E-state index contributed by atoms with van der Waals surface area (Å²) in [6, 6.07) is 7.27. The summed E-state index contributed by atoms with van der Waals surface area (Å²) in [4.78, 5) is 4.09. The van der Waals surface area contributed by atoms with E-state index in [4.69, 9.17) is 5.11 Å². The summed E-state index contributed by atoms with van der Waals surface area (Å²) in [5.41, 5.74) is 1.19. The number of nitrogens with zero attached hydrogens (tertiary/aromatic N) is 1. The monoisotopic (exact) mass is 175 g/mol. The van der Waals surface area contributed by atoms with Crippen LogP contribution in [0, 0.1) is 0 Å². The normalized spacial score (nSPS) is 10.5. The fourth-order valence-electron chi connectivity index (χ4n) is 1.28. The highest BCUT2D eigenvalue weighted by Gasteiger charge is 2.04. The summed E-state index contributed by atoms with van der Waals surface area (Å²) in [7, 11) is 0. The zero-order valence-electron chi connectivity index (χ0n) is 6.94. The number of aliphatic hydroxyl groups is 1. The van der Waals surface area contributed by atoms with Crippen molar-refractivity contribution in [3.05, 3.63) is 36.0 Å². The summed E-state index contributed by atoms with van der Waals surface area (Å²) in [5.74, 6) is 0.119. The molecule has 0 radical (unpaired) electrons. The summed E-state index contributed by atoms with van der Waals surface area (Å²) < 4.78 is 0. The largest absolute Gasteiger partial charge is 0.507 e. The van der Waals surface area contributed by atoms with E-state index in [1.807, 2.05) is 18.2 Å². The van der Waals surface area contributed by atoms with Gasteiger partial charge in [-0.2, -0.15) is 0 Å². The molecule has 0 atom stereocenters. The fraction of sp³-hybridized carbons (Fsp3) is 0.100. The zero-order chi connectivity index (χ0) is 9.26. The van der Waals surface area contributed by atoms with Crippen molar-refractivity contribution in [1.29, 1.82) is 0 Å². The Balaban J connectivity index is 2.79. The van der Waals surface area contributed by atoms with Crippen molar-refractivity contribution in [2.45, 2.75) is 6.61 Å². The fourth-order valence-corrected chi connectivity index (χ4v) is 1.28. The maximum atomic E-state index is 9.65. The summed E-state index contributed by atoms with van der Waals surface area (Å²) in [5, 5.41) is 19.2. The van der Waals surface area contributed by atoms with E-state index in [0.717, 1.165) is 5.52 Å². The second-order valence-electron chi connectivity index (χ2n) is 2.81.